The monoisotopic (exact) mass is 492 g/mol. The highest BCUT2D eigenvalue weighted by Gasteiger charge is 2.47. The van der Waals surface area contributed by atoms with Crippen LogP contribution < -0.4 is 16.4 Å². The molecule has 4 atom stereocenters. The Hall–Kier alpha value is -2.94. The van der Waals surface area contributed by atoms with Gasteiger partial charge in [-0.25, -0.2) is 4.79 Å². The zero-order valence-electron chi connectivity index (χ0n) is 21.9. The summed E-state index contributed by atoms with van der Waals surface area (Å²) in [4.78, 5) is 31.4. The van der Waals surface area contributed by atoms with E-state index in [-0.39, 0.29) is 17.9 Å². The molecule has 2 aliphatic heterocycles. The molecule has 2 saturated heterocycles. The van der Waals surface area contributed by atoms with E-state index in [1.165, 1.54) is 30.4 Å². The first-order valence-electron chi connectivity index (χ1n) is 12.9. The zero-order valence-corrected chi connectivity index (χ0v) is 21.9. The van der Waals surface area contributed by atoms with Gasteiger partial charge in [0.25, 0.3) is 0 Å². The van der Waals surface area contributed by atoms with Gasteiger partial charge >= 0.3 is 6.03 Å². The minimum absolute atomic E-state index is 0.230. The molecule has 0 radical (unpaired) electrons. The second-order valence-corrected chi connectivity index (χ2v) is 10.5. The summed E-state index contributed by atoms with van der Waals surface area (Å²) in [7, 11) is 3.72. The van der Waals surface area contributed by atoms with Crippen molar-refractivity contribution in [2.24, 2.45) is 17.6 Å². The maximum atomic E-state index is 13.4. The van der Waals surface area contributed by atoms with Crippen LogP contribution in [0, 0.1) is 11.8 Å². The smallest absolute Gasteiger partial charge is 0.327 e. The van der Waals surface area contributed by atoms with Crippen LogP contribution in [0.5, 0.6) is 0 Å². The third-order valence-corrected chi connectivity index (χ3v) is 7.30. The van der Waals surface area contributed by atoms with Crippen LogP contribution in [-0.4, -0.2) is 66.2 Å². The van der Waals surface area contributed by atoms with E-state index in [1.807, 2.05) is 44.2 Å². The Labute approximate surface area is 214 Å². The molecule has 0 saturated carbocycles. The predicted molar refractivity (Wildman–Crippen MR) is 143 cm³/mol. The summed E-state index contributed by atoms with van der Waals surface area (Å²) in [6, 6.07) is 18.6. The Morgan fingerprint density at radius 1 is 1.03 bits per heavy atom. The Balaban J connectivity index is 1.54. The molecule has 4 N–H and O–H groups in total. The van der Waals surface area contributed by atoms with Crippen LogP contribution in [0.4, 0.5) is 10.5 Å². The van der Waals surface area contributed by atoms with E-state index in [0.29, 0.717) is 19.1 Å². The van der Waals surface area contributed by atoms with Crippen LogP contribution in [0.15, 0.2) is 54.6 Å². The van der Waals surface area contributed by atoms with Gasteiger partial charge in [-0.2, -0.15) is 0 Å². The number of hydrogen-bond acceptors (Lipinski definition) is 6. The largest absolute Gasteiger partial charge is 0.369 e. The van der Waals surface area contributed by atoms with Gasteiger partial charge in [0.15, 0.2) is 0 Å². The van der Waals surface area contributed by atoms with Gasteiger partial charge in [-0.1, -0.05) is 56.3 Å². The molecule has 8 heteroatoms. The van der Waals surface area contributed by atoms with Crippen LogP contribution in [0.1, 0.15) is 43.9 Å². The number of imide groups is 1. The van der Waals surface area contributed by atoms with Gasteiger partial charge in [-0.15, -0.1) is 0 Å². The van der Waals surface area contributed by atoms with Crippen LogP contribution in [-0.2, 0) is 11.3 Å². The summed E-state index contributed by atoms with van der Waals surface area (Å²) in [5.41, 5.74) is 9.96. The number of nitrogens with one attached hydrogen (secondary N) is 2. The molecule has 2 aliphatic rings. The van der Waals surface area contributed by atoms with Crippen molar-refractivity contribution >= 4 is 17.6 Å². The lowest BCUT2D eigenvalue weighted by atomic mass is 9.95. The van der Waals surface area contributed by atoms with Gasteiger partial charge < -0.3 is 16.0 Å². The lowest BCUT2D eigenvalue weighted by molar-refractivity contribution is -0.138. The van der Waals surface area contributed by atoms with E-state index in [1.54, 1.807) is 4.90 Å². The van der Waals surface area contributed by atoms with Gasteiger partial charge in [0, 0.05) is 31.9 Å². The number of rotatable bonds is 9. The third kappa shape index (κ3) is 5.72. The van der Waals surface area contributed by atoms with E-state index in [4.69, 9.17) is 5.73 Å². The minimum atomic E-state index is -0.738. The fraction of sp³-hybridized carbons (Fsp3) is 0.500. The van der Waals surface area contributed by atoms with Crippen LogP contribution in [0.3, 0.4) is 0 Å². The maximum absolute atomic E-state index is 13.4. The van der Waals surface area contributed by atoms with Gasteiger partial charge in [0.05, 0.1) is 12.3 Å². The fourth-order valence-corrected chi connectivity index (χ4v) is 5.31. The molecular formula is C28H40N6O2. The molecule has 194 valence electrons. The topological polar surface area (TPSA) is 93.9 Å². The highest BCUT2D eigenvalue weighted by atomic mass is 16.2. The molecule has 0 spiro atoms. The van der Waals surface area contributed by atoms with Gasteiger partial charge in [0.2, 0.25) is 5.91 Å². The third-order valence-electron chi connectivity index (χ3n) is 7.30. The molecule has 36 heavy (non-hydrogen) atoms. The van der Waals surface area contributed by atoms with E-state index in [9.17, 15) is 9.59 Å². The Kier molecular flexibility index (Phi) is 8.28. The summed E-state index contributed by atoms with van der Waals surface area (Å²) in [5, 5.41) is 7.00. The molecule has 2 heterocycles. The molecule has 3 amide bonds. The fourth-order valence-electron chi connectivity index (χ4n) is 5.31. The maximum Gasteiger partial charge on any atom is 0.327 e. The summed E-state index contributed by atoms with van der Waals surface area (Å²) in [6.45, 7) is 6.26. The zero-order chi connectivity index (χ0) is 25.8. The number of amides is 3. The van der Waals surface area contributed by atoms with E-state index < -0.39 is 18.2 Å². The number of para-hydroxylation sites is 1. The van der Waals surface area contributed by atoms with Gasteiger partial charge in [0.1, 0.15) is 5.92 Å². The van der Waals surface area contributed by atoms with Crippen molar-refractivity contribution in [2.45, 2.75) is 51.6 Å². The summed E-state index contributed by atoms with van der Waals surface area (Å²) in [5.74, 6) is -0.709. The number of carbonyl (C=O) groups excluding carboxylic acids is 2. The normalized spacial score (nSPS) is 24.0. The molecule has 2 aromatic rings. The highest BCUT2D eigenvalue weighted by Crippen LogP contribution is 2.30. The lowest BCUT2D eigenvalue weighted by Gasteiger charge is -2.45. The molecule has 2 fully saturated rings. The quantitative estimate of drug-likeness (QED) is 0.465. The van der Waals surface area contributed by atoms with Crippen molar-refractivity contribution in [3.05, 3.63) is 65.7 Å². The molecule has 0 aromatic heterocycles. The van der Waals surface area contributed by atoms with E-state index >= 15 is 0 Å². The number of hydrogen-bond donors (Lipinski definition) is 3. The summed E-state index contributed by atoms with van der Waals surface area (Å²) >= 11 is 0. The molecule has 4 unspecified atom stereocenters. The number of nitrogens with zero attached hydrogens (tertiary/aromatic N) is 3. The standard InChI is InChI=1S/C28H40N6O2/c1-19(2)18-34-25(29)24(27(35)33(4)28(34)36)26(31-22-9-6-5-7-10-22)30-17-20-12-14-21(15-13-20)23-11-8-16-32(23)3/h5-7,9-10,12-15,19,23-26,30-31H,8,11,16-18,29H2,1-4H3. The number of likely N-dealkylation sites (tertiary alicyclic amines) is 1. The molecule has 4 rings (SSSR count). The van der Waals surface area contributed by atoms with Crippen molar-refractivity contribution in [1.82, 2.24) is 20.0 Å². The lowest BCUT2D eigenvalue weighted by Crippen LogP contribution is -2.69. The second kappa shape index (κ2) is 11.4. The SMILES string of the molecule is CC(C)CN1C(=O)N(C)C(=O)C(C(NCc2ccc(C3CCCN3C)cc2)Nc2ccccc2)C1N. The van der Waals surface area contributed by atoms with E-state index in [0.717, 1.165) is 17.8 Å². The number of anilines is 1. The van der Waals surface area contributed by atoms with Crippen LogP contribution in [0.25, 0.3) is 0 Å². The highest BCUT2D eigenvalue weighted by molar-refractivity contribution is 5.98. The van der Waals surface area contributed by atoms with Crippen molar-refractivity contribution in [1.29, 1.82) is 0 Å². The van der Waals surface area contributed by atoms with Gasteiger partial charge in [-0.05, 0) is 55.6 Å². The predicted octanol–water partition coefficient (Wildman–Crippen LogP) is 3.43. The Bertz CT molecular complexity index is 1030. The number of benzene rings is 2. The Morgan fingerprint density at radius 2 is 1.72 bits per heavy atom. The molecular weight excluding hydrogens is 452 g/mol. The second-order valence-electron chi connectivity index (χ2n) is 10.5. The molecule has 8 nitrogen and oxygen atoms in total. The summed E-state index contributed by atoms with van der Waals surface area (Å²) in [6.07, 6.45) is 1.22. The number of nitrogens with two attached hydrogens (primary N) is 1. The first-order valence-corrected chi connectivity index (χ1v) is 12.9. The van der Waals surface area contributed by atoms with Crippen molar-refractivity contribution in [3.8, 4) is 0 Å². The molecule has 2 aromatic carbocycles. The first-order chi connectivity index (χ1) is 17.3. The van der Waals surface area contributed by atoms with Crippen molar-refractivity contribution in [2.75, 3.05) is 32.5 Å². The minimum Gasteiger partial charge on any atom is -0.369 e. The average Bonchev–Trinajstić information content (AvgIpc) is 3.30. The van der Waals surface area contributed by atoms with Crippen molar-refractivity contribution < 1.29 is 9.59 Å². The van der Waals surface area contributed by atoms with Crippen molar-refractivity contribution in [3.63, 3.8) is 0 Å². The molecule has 0 aliphatic carbocycles. The average molecular weight is 493 g/mol. The van der Waals surface area contributed by atoms with E-state index in [2.05, 4.69) is 46.8 Å². The van der Waals surface area contributed by atoms with Crippen LogP contribution in [0.2, 0.25) is 0 Å². The first kappa shape index (κ1) is 26.1. The molecule has 0 bridgehead atoms. The number of carbonyl (C=O) groups is 2. The Morgan fingerprint density at radius 3 is 2.33 bits per heavy atom. The van der Waals surface area contributed by atoms with Crippen LogP contribution >= 0.6 is 0 Å². The number of urea groups is 1. The van der Waals surface area contributed by atoms with Gasteiger partial charge in [-0.3, -0.25) is 19.9 Å². The summed E-state index contributed by atoms with van der Waals surface area (Å²) < 4.78 is 0.